The molecule has 0 spiro atoms. The Kier molecular flexibility index (Phi) is 7.32. The molecular weight excluding hydrogens is 296 g/mol. The van der Waals surface area contributed by atoms with Crippen LogP contribution in [0.25, 0.3) is 0 Å². The molecule has 0 unspecified atom stereocenters. The van der Waals surface area contributed by atoms with Crippen LogP contribution in [0, 0.1) is 0 Å². The van der Waals surface area contributed by atoms with Gasteiger partial charge in [-0.05, 0) is 19.3 Å². The third-order valence-electron chi connectivity index (χ3n) is 4.46. The van der Waals surface area contributed by atoms with Gasteiger partial charge in [-0.3, -0.25) is 14.5 Å². The summed E-state index contributed by atoms with van der Waals surface area (Å²) in [6, 6.07) is 0.233. The van der Waals surface area contributed by atoms with Crippen molar-refractivity contribution >= 4 is 17.8 Å². The zero-order valence-electron chi connectivity index (χ0n) is 13.7. The van der Waals surface area contributed by atoms with Crippen LogP contribution in [0.1, 0.15) is 51.4 Å². The molecule has 1 aliphatic carbocycles. The van der Waals surface area contributed by atoms with E-state index in [0.29, 0.717) is 32.0 Å². The quantitative estimate of drug-likeness (QED) is 0.349. The van der Waals surface area contributed by atoms with Crippen LogP contribution in [-0.4, -0.2) is 55.0 Å². The maximum Gasteiger partial charge on any atom is 0.324 e. The van der Waals surface area contributed by atoms with Crippen molar-refractivity contribution in [2.45, 2.75) is 57.4 Å². The smallest absolute Gasteiger partial charge is 0.324 e. The first-order valence-corrected chi connectivity index (χ1v) is 8.75. The highest BCUT2D eigenvalue weighted by Crippen LogP contribution is 2.16. The van der Waals surface area contributed by atoms with Gasteiger partial charge in [0.15, 0.2) is 0 Å². The second-order valence-electron chi connectivity index (χ2n) is 6.30. The molecule has 2 aliphatic rings. The second-order valence-corrected chi connectivity index (χ2v) is 6.30. The van der Waals surface area contributed by atoms with Crippen LogP contribution in [0.4, 0.5) is 4.79 Å². The van der Waals surface area contributed by atoms with Crippen molar-refractivity contribution in [3.8, 4) is 0 Å². The van der Waals surface area contributed by atoms with E-state index >= 15 is 0 Å². The number of carbonyl (C=O) groups excluding carboxylic acids is 3. The van der Waals surface area contributed by atoms with E-state index in [2.05, 4.69) is 16.0 Å². The minimum atomic E-state index is -0.358. The first-order chi connectivity index (χ1) is 11.2. The van der Waals surface area contributed by atoms with Gasteiger partial charge >= 0.3 is 6.03 Å². The van der Waals surface area contributed by atoms with Gasteiger partial charge in [0.05, 0.1) is 6.54 Å². The maximum atomic E-state index is 11.7. The minimum absolute atomic E-state index is 0.0280. The van der Waals surface area contributed by atoms with E-state index in [4.69, 9.17) is 0 Å². The highest BCUT2D eigenvalue weighted by atomic mass is 16.2. The Morgan fingerprint density at radius 3 is 2.52 bits per heavy atom. The van der Waals surface area contributed by atoms with Gasteiger partial charge in [0.1, 0.15) is 0 Å². The van der Waals surface area contributed by atoms with Gasteiger partial charge in [0.2, 0.25) is 11.8 Å². The van der Waals surface area contributed by atoms with Crippen molar-refractivity contribution < 1.29 is 14.4 Å². The zero-order valence-corrected chi connectivity index (χ0v) is 13.7. The first kappa shape index (κ1) is 17.7. The molecule has 0 radical (unpaired) electrons. The number of rotatable bonds is 8. The van der Waals surface area contributed by atoms with Gasteiger partial charge < -0.3 is 16.0 Å². The number of nitrogens with zero attached hydrogens (tertiary/aromatic N) is 1. The van der Waals surface area contributed by atoms with Crippen LogP contribution in [0.5, 0.6) is 0 Å². The lowest BCUT2D eigenvalue weighted by atomic mass is 10.1. The SMILES string of the molecule is O=C(CCCN1C(=O)CNC1=O)NCCNC1CCCCCC1. The molecule has 1 saturated carbocycles. The molecule has 0 aromatic carbocycles. The Balaban J connectivity index is 1.50. The van der Waals surface area contributed by atoms with Crippen molar-refractivity contribution in [2.75, 3.05) is 26.2 Å². The normalized spacial score (nSPS) is 19.6. The summed E-state index contributed by atoms with van der Waals surface area (Å²) in [5.41, 5.74) is 0. The summed E-state index contributed by atoms with van der Waals surface area (Å²) in [5.74, 6) is -0.247. The highest BCUT2D eigenvalue weighted by molar-refractivity contribution is 6.01. The lowest BCUT2D eigenvalue weighted by Crippen LogP contribution is -2.37. The molecule has 130 valence electrons. The van der Waals surface area contributed by atoms with E-state index < -0.39 is 0 Å². The fourth-order valence-corrected chi connectivity index (χ4v) is 3.13. The van der Waals surface area contributed by atoms with Crippen LogP contribution < -0.4 is 16.0 Å². The average Bonchev–Trinajstić information content (AvgIpc) is 2.74. The average molecular weight is 324 g/mol. The van der Waals surface area contributed by atoms with Gasteiger partial charge in [-0.2, -0.15) is 0 Å². The van der Waals surface area contributed by atoms with Crippen LogP contribution >= 0.6 is 0 Å². The third kappa shape index (κ3) is 6.17. The molecule has 7 heteroatoms. The largest absolute Gasteiger partial charge is 0.355 e. The Bertz CT molecular complexity index is 404. The van der Waals surface area contributed by atoms with E-state index in [0.717, 1.165) is 6.54 Å². The lowest BCUT2D eigenvalue weighted by Gasteiger charge is -2.16. The number of hydrogen-bond acceptors (Lipinski definition) is 4. The Hall–Kier alpha value is -1.63. The van der Waals surface area contributed by atoms with Crippen molar-refractivity contribution in [1.29, 1.82) is 0 Å². The molecule has 23 heavy (non-hydrogen) atoms. The van der Waals surface area contributed by atoms with Gasteiger partial charge in [0.25, 0.3) is 0 Å². The fourth-order valence-electron chi connectivity index (χ4n) is 3.13. The summed E-state index contributed by atoms with van der Waals surface area (Å²) in [6.07, 6.45) is 8.58. The maximum absolute atomic E-state index is 11.7. The van der Waals surface area contributed by atoms with Crippen LogP contribution in [-0.2, 0) is 9.59 Å². The molecule has 3 N–H and O–H groups in total. The fraction of sp³-hybridized carbons (Fsp3) is 0.812. The molecule has 1 aliphatic heterocycles. The number of nitrogens with one attached hydrogen (secondary N) is 3. The number of hydrogen-bond donors (Lipinski definition) is 3. The molecule has 2 rings (SSSR count). The van der Waals surface area contributed by atoms with Crippen LogP contribution in [0.3, 0.4) is 0 Å². The summed E-state index contributed by atoms with van der Waals surface area (Å²) in [5, 5.41) is 8.85. The molecule has 7 nitrogen and oxygen atoms in total. The summed E-state index contributed by atoms with van der Waals surface area (Å²) in [6.45, 7) is 1.79. The predicted octanol–water partition coefficient (Wildman–Crippen LogP) is 0.747. The summed E-state index contributed by atoms with van der Waals surface area (Å²) in [7, 11) is 0. The summed E-state index contributed by atoms with van der Waals surface area (Å²) >= 11 is 0. The minimum Gasteiger partial charge on any atom is -0.355 e. The van der Waals surface area contributed by atoms with E-state index in [-0.39, 0.29) is 24.4 Å². The Labute approximate surface area is 137 Å². The summed E-state index contributed by atoms with van der Waals surface area (Å²) < 4.78 is 0. The highest BCUT2D eigenvalue weighted by Gasteiger charge is 2.27. The number of carbonyl (C=O) groups is 3. The predicted molar refractivity (Wildman–Crippen MR) is 86.8 cm³/mol. The van der Waals surface area contributed by atoms with Gasteiger partial charge in [-0.1, -0.05) is 25.7 Å². The van der Waals surface area contributed by atoms with E-state index in [1.165, 1.54) is 43.4 Å². The van der Waals surface area contributed by atoms with Crippen molar-refractivity contribution in [3.05, 3.63) is 0 Å². The first-order valence-electron chi connectivity index (χ1n) is 8.75. The molecule has 2 fully saturated rings. The zero-order chi connectivity index (χ0) is 16.5. The van der Waals surface area contributed by atoms with Crippen molar-refractivity contribution in [2.24, 2.45) is 0 Å². The van der Waals surface area contributed by atoms with Gasteiger partial charge in [-0.15, -0.1) is 0 Å². The van der Waals surface area contributed by atoms with Crippen LogP contribution in [0.15, 0.2) is 0 Å². The molecule has 0 aromatic rings. The third-order valence-corrected chi connectivity index (χ3v) is 4.46. The van der Waals surface area contributed by atoms with E-state index in [1.807, 2.05) is 0 Å². The van der Waals surface area contributed by atoms with Crippen LogP contribution in [0.2, 0.25) is 0 Å². The summed E-state index contributed by atoms with van der Waals surface area (Å²) in [4.78, 5) is 35.6. The number of urea groups is 1. The number of amides is 4. The van der Waals surface area contributed by atoms with Crippen molar-refractivity contribution in [1.82, 2.24) is 20.9 Å². The van der Waals surface area contributed by atoms with Crippen molar-refractivity contribution in [3.63, 3.8) is 0 Å². The van der Waals surface area contributed by atoms with E-state index in [1.54, 1.807) is 0 Å². The number of imide groups is 1. The standard InChI is InChI=1S/C16H28N4O3/c21-14(8-5-11-20-15(22)12-19-16(20)23)18-10-9-17-13-6-3-1-2-4-7-13/h13,17H,1-12H2,(H,18,21)(H,19,23). The van der Waals surface area contributed by atoms with Gasteiger partial charge in [-0.25, -0.2) is 4.79 Å². The van der Waals surface area contributed by atoms with Gasteiger partial charge in [0, 0.05) is 32.1 Å². The molecule has 4 amide bonds. The molecule has 1 heterocycles. The van der Waals surface area contributed by atoms with E-state index in [9.17, 15) is 14.4 Å². The monoisotopic (exact) mass is 324 g/mol. The Morgan fingerprint density at radius 2 is 1.87 bits per heavy atom. The molecule has 0 aromatic heterocycles. The molecule has 0 atom stereocenters. The molecular formula is C16H28N4O3. The topological polar surface area (TPSA) is 90.5 Å². The molecule has 0 bridgehead atoms. The lowest BCUT2D eigenvalue weighted by molar-refractivity contribution is -0.126. The second kappa shape index (κ2) is 9.50. The molecule has 1 saturated heterocycles. The Morgan fingerprint density at radius 1 is 1.13 bits per heavy atom.